The van der Waals surface area contributed by atoms with E-state index in [4.69, 9.17) is 10.00 Å². The molecule has 30 heavy (non-hydrogen) atoms. The van der Waals surface area contributed by atoms with E-state index in [2.05, 4.69) is 26.5 Å². The maximum absolute atomic E-state index is 10.0. The van der Waals surface area contributed by atoms with E-state index >= 15 is 0 Å². The van der Waals surface area contributed by atoms with E-state index in [1.807, 2.05) is 19.2 Å². The number of nitriles is 1. The number of aliphatic hydroxyl groups is 1. The lowest BCUT2D eigenvalue weighted by Gasteiger charge is -2.14. The molecule has 1 saturated heterocycles. The molecule has 4 rings (SSSR count). The minimum atomic E-state index is -0.614. The zero-order valence-corrected chi connectivity index (χ0v) is 16.5. The van der Waals surface area contributed by atoms with Gasteiger partial charge in [0.25, 0.3) is 0 Å². The smallest absolute Gasteiger partial charge is 0.223 e. The number of phenolic OH excluding ortho intramolecular Hbond substituents is 1. The van der Waals surface area contributed by atoms with Crippen molar-refractivity contribution in [2.75, 3.05) is 18.5 Å². The number of nitrogens with one attached hydrogen (secondary N) is 1. The summed E-state index contributed by atoms with van der Waals surface area (Å²) in [6.07, 6.45) is 3.19. The molecule has 1 aromatic carbocycles. The molecule has 2 atom stereocenters. The summed E-state index contributed by atoms with van der Waals surface area (Å²) < 4.78 is 6.97. The third-order valence-electron chi connectivity index (χ3n) is 4.85. The van der Waals surface area contributed by atoms with Gasteiger partial charge in [-0.25, -0.2) is 9.97 Å². The van der Waals surface area contributed by atoms with Crippen molar-refractivity contribution >= 4 is 5.95 Å². The normalized spacial score (nSPS) is 18.3. The lowest BCUT2D eigenvalue weighted by molar-refractivity contribution is 0.125. The first-order valence-electron chi connectivity index (χ1n) is 9.64. The van der Waals surface area contributed by atoms with Gasteiger partial charge in [-0.05, 0) is 36.8 Å². The third kappa shape index (κ3) is 4.25. The predicted molar refractivity (Wildman–Crippen MR) is 110 cm³/mol. The summed E-state index contributed by atoms with van der Waals surface area (Å²) in [6, 6.07) is 8.90. The Kier molecular flexibility index (Phi) is 5.61. The Bertz CT molecular complexity index is 1070. The van der Waals surface area contributed by atoms with Gasteiger partial charge in [-0.3, -0.25) is 4.68 Å². The highest BCUT2D eigenvalue weighted by atomic mass is 16.5. The van der Waals surface area contributed by atoms with Crippen LogP contribution < -0.4 is 5.32 Å². The Labute approximate surface area is 173 Å². The fourth-order valence-electron chi connectivity index (χ4n) is 3.43. The van der Waals surface area contributed by atoms with E-state index in [1.54, 1.807) is 29.1 Å². The van der Waals surface area contributed by atoms with Crippen molar-refractivity contribution < 1.29 is 14.9 Å². The van der Waals surface area contributed by atoms with E-state index in [9.17, 15) is 10.2 Å². The number of phenols is 1. The van der Waals surface area contributed by atoms with Crippen molar-refractivity contribution in [1.82, 2.24) is 19.7 Å². The molecule has 0 spiro atoms. The average molecular weight is 406 g/mol. The summed E-state index contributed by atoms with van der Waals surface area (Å²) in [5.74, 6) is 0.535. The Hall–Kier alpha value is -3.48. The molecule has 2 aromatic heterocycles. The van der Waals surface area contributed by atoms with Crippen LogP contribution in [0.3, 0.4) is 0 Å². The highest BCUT2D eigenvalue weighted by molar-refractivity contribution is 5.79. The van der Waals surface area contributed by atoms with Crippen LogP contribution in [0.5, 0.6) is 5.75 Å². The van der Waals surface area contributed by atoms with E-state index in [0.29, 0.717) is 36.9 Å². The number of hydrogen-bond acceptors (Lipinski definition) is 8. The number of anilines is 1. The Morgan fingerprint density at radius 1 is 1.33 bits per heavy atom. The number of benzene rings is 1. The lowest BCUT2D eigenvalue weighted by Crippen LogP contribution is -2.32. The largest absolute Gasteiger partial charge is 0.508 e. The Morgan fingerprint density at radius 2 is 2.20 bits per heavy atom. The SMILES string of the molecule is Cc1cc(O)cc(-c2nn(CCC#N)cc2-c2ccnc(N[C@@H]3COC[C@H]3O)n2)c1. The minimum Gasteiger partial charge on any atom is -0.508 e. The molecule has 0 unspecified atom stereocenters. The van der Waals surface area contributed by atoms with Gasteiger partial charge in [0.1, 0.15) is 11.4 Å². The molecule has 3 heterocycles. The van der Waals surface area contributed by atoms with Crippen molar-refractivity contribution in [3.63, 3.8) is 0 Å². The summed E-state index contributed by atoms with van der Waals surface area (Å²) in [6.45, 7) is 3.01. The maximum Gasteiger partial charge on any atom is 0.223 e. The van der Waals surface area contributed by atoms with Gasteiger partial charge in [0.2, 0.25) is 5.95 Å². The molecule has 0 bridgehead atoms. The van der Waals surface area contributed by atoms with Crippen molar-refractivity contribution in [3.05, 3.63) is 42.2 Å². The Balaban J connectivity index is 1.73. The number of aromatic hydroxyl groups is 1. The highest BCUT2D eigenvalue weighted by Crippen LogP contribution is 2.33. The topological polar surface area (TPSA) is 129 Å². The van der Waals surface area contributed by atoms with E-state index in [-0.39, 0.29) is 18.4 Å². The van der Waals surface area contributed by atoms with E-state index < -0.39 is 6.10 Å². The summed E-state index contributed by atoms with van der Waals surface area (Å²) in [5, 5.41) is 36.7. The van der Waals surface area contributed by atoms with Crippen LogP contribution in [0.1, 0.15) is 12.0 Å². The van der Waals surface area contributed by atoms with Crippen LogP contribution in [-0.4, -0.2) is 55.3 Å². The number of aliphatic hydroxyl groups excluding tert-OH is 1. The van der Waals surface area contributed by atoms with E-state index in [0.717, 1.165) is 16.7 Å². The Morgan fingerprint density at radius 3 is 2.93 bits per heavy atom. The molecule has 154 valence electrons. The standard InChI is InChI=1S/C21H22N6O3/c1-13-7-14(9-15(28)8-13)20-16(10-27(26-20)6-2-4-22)17-3-5-23-21(24-17)25-18-11-30-12-19(18)29/h3,5,7-10,18-19,28-29H,2,6,11-12H2,1H3,(H,23,24,25)/t18-,19-/m1/s1. The van der Waals surface area contributed by atoms with Crippen LogP contribution in [0.2, 0.25) is 0 Å². The first-order chi connectivity index (χ1) is 14.5. The monoisotopic (exact) mass is 406 g/mol. The first-order valence-corrected chi connectivity index (χ1v) is 9.64. The number of aryl methyl sites for hydroxylation is 2. The van der Waals surface area contributed by atoms with Crippen LogP contribution in [0.15, 0.2) is 36.7 Å². The molecule has 9 nitrogen and oxygen atoms in total. The number of ether oxygens (including phenoxy) is 1. The van der Waals surface area contributed by atoms with Gasteiger partial charge in [0, 0.05) is 23.5 Å². The quantitative estimate of drug-likeness (QED) is 0.568. The van der Waals surface area contributed by atoms with Crippen LogP contribution in [0.25, 0.3) is 22.5 Å². The van der Waals surface area contributed by atoms with Gasteiger partial charge in [-0.2, -0.15) is 10.4 Å². The summed E-state index contributed by atoms with van der Waals surface area (Å²) in [7, 11) is 0. The molecule has 3 N–H and O–H groups in total. The van der Waals surface area contributed by atoms with Crippen LogP contribution >= 0.6 is 0 Å². The molecule has 0 aliphatic carbocycles. The summed E-state index contributed by atoms with van der Waals surface area (Å²) in [4.78, 5) is 8.85. The molecule has 0 saturated carbocycles. The molecule has 1 aliphatic heterocycles. The number of nitrogens with zero attached hydrogens (tertiary/aromatic N) is 5. The molecule has 1 fully saturated rings. The molecule has 9 heteroatoms. The van der Waals surface area contributed by atoms with Crippen LogP contribution in [0.4, 0.5) is 5.95 Å². The molecular formula is C21H22N6O3. The van der Waals surface area contributed by atoms with Crippen molar-refractivity contribution in [3.8, 4) is 34.3 Å². The summed E-state index contributed by atoms with van der Waals surface area (Å²) >= 11 is 0. The maximum atomic E-state index is 10.0. The molecule has 0 radical (unpaired) electrons. The second-order valence-corrected chi connectivity index (χ2v) is 7.24. The average Bonchev–Trinajstić information content (AvgIpc) is 3.32. The molecule has 0 amide bonds. The number of aromatic nitrogens is 4. The second kappa shape index (κ2) is 8.49. The van der Waals surface area contributed by atoms with Crippen molar-refractivity contribution in [2.24, 2.45) is 0 Å². The van der Waals surface area contributed by atoms with Gasteiger partial charge < -0.3 is 20.3 Å². The summed E-state index contributed by atoms with van der Waals surface area (Å²) in [5.41, 5.74) is 3.71. The number of hydrogen-bond donors (Lipinski definition) is 3. The molecular weight excluding hydrogens is 384 g/mol. The molecule has 3 aromatic rings. The zero-order chi connectivity index (χ0) is 21.1. The van der Waals surface area contributed by atoms with Gasteiger partial charge in [0.05, 0.1) is 50.1 Å². The molecule has 1 aliphatic rings. The van der Waals surface area contributed by atoms with Gasteiger partial charge in [-0.15, -0.1) is 0 Å². The first kappa shape index (κ1) is 19.8. The van der Waals surface area contributed by atoms with Crippen LogP contribution in [-0.2, 0) is 11.3 Å². The zero-order valence-electron chi connectivity index (χ0n) is 16.5. The van der Waals surface area contributed by atoms with Crippen LogP contribution in [0, 0.1) is 18.3 Å². The highest BCUT2D eigenvalue weighted by Gasteiger charge is 2.27. The third-order valence-corrected chi connectivity index (χ3v) is 4.85. The minimum absolute atomic E-state index is 0.155. The number of rotatable bonds is 6. The fraction of sp³-hybridized carbons (Fsp3) is 0.333. The lowest BCUT2D eigenvalue weighted by atomic mass is 10.0. The van der Waals surface area contributed by atoms with Gasteiger partial charge in [-0.1, -0.05) is 0 Å². The second-order valence-electron chi connectivity index (χ2n) is 7.24. The fourth-order valence-corrected chi connectivity index (χ4v) is 3.43. The van der Waals surface area contributed by atoms with Gasteiger partial charge in [0.15, 0.2) is 0 Å². The van der Waals surface area contributed by atoms with Crippen molar-refractivity contribution in [1.29, 1.82) is 5.26 Å². The van der Waals surface area contributed by atoms with Gasteiger partial charge >= 0.3 is 0 Å². The van der Waals surface area contributed by atoms with Crippen molar-refractivity contribution in [2.45, 2.75) is 32.0 Å². The predicted octanol–water partition coefficient (Wildman–Crippen LogP) is 2.11. The van der Waals surface area contributed by atoms with E-state index in [1.165, 1.54) is 0 Å².